The van der Waals surface area contributed by atoms with Gasteiger partial charge in [0.1, 0.15) is 5.75 Å². The second kappa shape index (κ2) is 4.44. The average Bonchev–Trinajstić information content (AvgIpc) is 2.27. The van der Waals surface area contributed by atoms with Gasteiger partial charge in [0.05, 0.1) is 24.4 Å². The van der Waals surface area contributed by atoms with E-state index in [9.17, 15) is 0 Å². The zero-order valence-corrected chi connectivity index (χ0v) is 9.66. The fourth-order valence-corrected chi connectivity index (χ4v) is 2.12. The maximum Gasteiger partial charge on any atom is 0.143 e. The third-order valence-corrected chi connectivity index (χ3v) is 3.06. The van der Waals surface area contributed by atoms with Gasteiger partial charge in [-0.05, 0) is 30.9 Å². The molecule has 1 N–H and O–H groups in total. The molecule has 0 spiro atoms. The Hall–Kier alpha value is -1.69. The van der Waals surface area contributed by atoms with E-state index in [1.54, 1.807) is 13.2 Å². The first-order valence-electron chi connectivity index (χ1n) is 5.57. The Kier molecular flexibility index (Phi) is 3.00. The van der Waals surface area contributed by atoms with Crippen molar-refractivity contribution in [3.63, 3.8) is 0 Å². The molecule has 0 bridgehead atoms. The number of rotatable bonds is 3. The van der Waals surface area contributed by atoms with E-state index in [4.69, 9.17) is 10.00 Å². The monoisotopic (exact) mass is 216 g/mol. The summed E-state index contributed by atoms with van der Waals surface area (Å²) in [5.74, 6) is 1.57. The minimum Gasteiger partial charge on any atom is -0.495 e. The van der Waals surface area contributed by atoms with Gasteiger partial charge in [0.15, 0.2) is 0 Å². The highest BCUT2D eigenvalue weighted by Crippen LogP contribution is 2.33. The summed E-state index contributed by atoms with van der Waals surface area (Å²) < 4.78 is 5.27. The van der Waals surface area contributed by atoms with Gasteiger partial charge in [-0.2, -0.15) is 5.26 Å². The van der Waals surface area contributed by atoms with Crippen LogP contribution in [0.15, 0.2) is 18.2 Å². The lowest BCUT2D eigenvalue weighted by Crippen LogP contribution is -2.33. The Bertz CT molecular complexity index is 416. The molecule has 2 rings (SSSR count). The summed E-state index contributed by atoms with van der Waals surface area (Å²) in [6.07, 6.45) is 2.42. The maximum absolute atomic E-state index is 8.80. The summed E-state index contributed by atoms with van der Waals surface area (Å²) in [6.45, 7) is 2.26. The fraction of sp³-hybridized carbons (Fsp3) is 0.462. The molecule has 1 aromatic rings. The van der Waals surface area contributed by atoms with E-state index < -0.39 is 0 Å². The van der Waals surface area contributed by atoms with Crippen LogP contribution in [0, 0.1) is 17.2 Å². The van der Waals surface area contributed by atoms with Crippen LogP contribution in [0.2, 0.25) is 0 Å². The lowest BCUT2D eigenvalue weighted by molar-refractivity contribution is 0.308. The minimum absolute atomic E-state index is 0.553. The average molecular weight is 216 g/mol. The van der Waals surface area contributed by atoms with E-state index in [0.717, 1.165) is 17.4 Å². The zero-order valence-electron chi connectivity index (χ0n) is 9.66. The fourth-order valence-electron chi connectivity index (χ4n) is 2.12. The summed E-state index contributed by atoms with van der Waals surface area (Å²) in [4.78, 5) is 0. The molecule has 0 heterocycles. The Morgan fingerprint density at radius 3 is 2.75 bits per heavy atom. The molecular weight excluding hydrogens is 200 g/mol. The SMILES string of the molecule is COc1cc(C#N)ccc1NC1CC(C)C1. The molecule has 1 saturated carbocycles. The highest BCUT2D eigenvalue weighted by molar-refractivity contribution is 5.60. The summed E-state index contributed by atoms with van der Waals surface area (Å²) in [6, 6.07) is 8.16. The van der Waals surface area contributed by atoms with E-state index in [0.29, 0.717) is 11.6 Å². The number of ether oxygens (including phenoxy) is 1. The number of benzene rings is 1. The molecule has 84 valence electrons. The van der Waals surface area contributed by atoms with Gasteiger partial charge in [-0.15, -0.1) is 0 Å². The molecule has 1 aliphatic carbocycles. The molecule has 0 radical (unpaired) electrons. The second-order valence-corrected chi connectivity index (χ2v) is 4.44. The number of nitrogens with zero attached hydrogens (tertiary/aromatic N) is 1. The van der Waals surface area contributed by atoms with Gasteiger partial charge in [-0.25, -0.2) is 0 Å². The molecular formula is C13H16N2O. The molecule has 3 heteroatoms. The third-order valence-electron chi connectivity index (χ3n) is 3.06. The van der Waals surface area contributed by atoms with Gasteiger partial charge in [0, 0.05) is 12.1 Å². The van der Waals surface area contributed by atoms with Crippen LogP contribution in [-0.2, 0) is 0 Å². The first-order valence-corrected chi connectivity index (χ1v) is 5.57. The quantitative estimate of drug-likeness (QED) is 0.845. The molecule has 16 heavy (non-hydrogen) atoms. The minimum atomic E-state index is 0.553. The summed E-state index contributed by atoms with van der Waals surface area (Å²) in [5, 5.41) is 12.2. The van der Waals surface area contributed by atoms with Gasteiger partial charge in [0.2, 0.25) is 0 Å². The van der Waals surface area contributed by atoms with Crippen molar-refractivity contribution in [1.82, 2.24) is 0 Å². The molecule has 1 aromatic carbocycles. The number of anilines is 1. The molecule has 0 aliphatic heterocycles. The lowest BCUT2D eigenvalue weighted by atomic mass is 9.82. The highest BCUT2D eigenvalue weighted by atomic mass is 16.5. The zero-order chi connectivity index (χ0) is 11.5. The van der Waals surface area contributed by atoms with Crippen molar-refractivity contribution < 1.29 is 4.74 Å². The van der Waals surface area contributed by atoms with E-state index in [1.807, 2.05) is 12.1 Å². The Morgan fingerprint density at radius 2 is 2.19 bits per heavy atom. The first kappa shape index (κ1) is 10.8. The van der Waals surface area contributed by atoms with Crippen LogP contribution in [0.4, 0.5) is 5.69 Å². The second-order valence-electron chi connectivity index (χ2n) is 4.44. The predicted molar refractivity (Wildman–Crippen MR) is 63.5 cm³/mol. The van der Waals surface area contributed by atoms with Crippen molar-refractivity contribution in [2.24, 2.45) is 5.92 Å². The Labute approximate surface area is 96.0 Å². The Morgan fingerprint density at radius 1 is 1.44 bits per heavy atom. The van der Waals surface area contributed by atoms with Crippen LogP contribution in [0.5, 0.6) is 5.75 Å². The number of nitriles is 1. The van der Waals surface area contributed by atoms with Gasteiger partial charge in [-0.3, -0.25) is 0 Å². The smallest absolute Gasteiger partial charge is 0.143 e. The van der Waals surface area contributed by atoms with Crippen molar-refractivity contribution in [1.29, 1.82) is 5.26 Å². The van der Waals surface area contributed by atoms with Crippen molar-refractivity contribution in [2.45, 2.75) is 25.8 Å². The molecule has 3 nitrogen and oxygen atoms in total. The topological polar surface area (TPSA) is 45.0 Å². The van der Waals surface area contributed by atoms with Crippen molar-refractivity contribution in [2.75, 3.05) is 12.4 Å². The summed E-state index contributed by atoms with van der Waals surface area (Å²) in [7, 11) is 1.63. The van der Waals surface area contributed by atoms with Gasteiger partial charge >= 0.3 is 0 Å². The van der Waals surface area contributed by atoms with Crippen LogP contribution in [0.3, 0.4) is 0 Å². The standard InChI is InChI=1S/C13H16N2O/c1-9-5-11(6-9)15-12-4-3-10(8-14)7-13(12)16-2/h3-4,7,9,11,15H,5-6H2,1-2H3. The number of methoxy groups -OCH3 is 1. The molecule has 0 aromatic heterocycles. The molecule has 1 aliphatic rings. The molecule has 0 unspecified atom stereocenters. The molecule has 0 amide bonds. The van der Waals surface area contributed by atoms with Crippen LogP contribution < -0.4 is 10.1 Å². The molecule has 0 atom stereocenters. The highest BCUT2D eigenvalue weighted by Gasteiger charge is 2.25. The number of hydrogen-bond acceptors (Lipinski definition) is 3. The summed E-state index contributed by atoms with van der Waals surface area (Å²) >= 11 is 0. The van der Waals surface area contributed by atoms with Crippen LogP contribution in [-0.4, -0.2) is 13.2 Å². The van der Waals surface area contributed by atoms with Gasteiger partial charge in [-0.1, -0.05) is 6.92 Å². The van der Waals surface area contributed by atoms with Crippen LogP contribution in [0.1, 0.15) is 25.3 Å². The Balaban J connectivity index is 2.11. The third kappa shape index (κ3) is 2.11. The van der Waals surface area contributed by atoms with E-state index in [1.165, 1.54) is 12.8 Å². The van der Waals surface area contributed by atoms with Crippen molar-refractivity contribution in [3.05, 3.63) is 23.8 Å². The number of nitrogens with one attached hydrogen (secondary N) is 1. The molecule has 1 fully saturated rings. The normalized spacial score (nSPS) is 23.1. The van der Waals surface area contributed by atoms with Crippen LogP contribution >= 0.6 is 0 Å². The lowest BCUT2D eigenvalue weighted by Gasteiger charge is -2.34. The largest absolute Gasteiger partial charge is 0.495 e. The predicted octanol–water partition coefficient (Wildman–Crippen LogP) is 2.78. The summed E-state index contributed by atoms with van der Waals surface area (Å²) in [5.41, 5.74) is 1.61. The van der Waals surface area contributed by atoms with Gasteiger partial charge in [0.25, 0.3) is 0 Å². The van der Waals surface area contributed by atoms with Gasteiger partial charge < -0.3 is 10.1 Å². The molecule has 0 saturated heterocycles. The van der Waals surface area contributed by atoms with E-state index in [-0.39, 0.29) is 0 Å². The van der Waals surface area contributed by atoms with Crippen molar-refractivity contribution >= 4 is 5.69 Å². The van der Waals surface area contributed by atoms with E-state index >= 15 is 0 Å². The van der Waals surface area contributed by atoms with Crippen LogP contribution in [0.25, 0.3) is 0 Å². The first-order chi connectivity index (χ1) is 7.72. The van der Waals surface area contributed by atoms with Crippen molar-refractivity contribution in [3.8, 4) is 11.8 Å². The maximum atomic E-state index is 8.80. The number of hydrogen-bond donors (Lipinski definition) is 1. The van der Waals surface area contributed by atoms with E-state index in [2.05, 4.69) is 18.3 Å².